The maximum Gasteiger partial charge on any atom is 0.233 e. The molecular formula is C17H21N3OS. The first-order valence-electron chi connectivity index (χ1n) is 7.81. The predicted molar refractivity (Wildman–Crippen MR) is 89.9 cm³/mol. The summed E-state index contributed by atoms with van der Waals surface area (Å²) >= 11 is 1.49. The van der Waals surface area contributed by atoms with Gasteiger partial charge in [-0.1, -0.05) is 36.0 Å². The number of hydrogen-bond donors (Lipinski definition) is 0. The molecule has 2 atom stereocenters. The van der Waals surface area contributed by atoms with E-state index in [1.54, 1.807) is 6.20 Å². The van der Waals surface area contributed by atoms with Crippen LogP contribution in [0.4, 0.5) is 0 Å². The molecule has 1 fully saturated rings. The summed E-state index contributed by atoms with van der Waals surface area (Å²) in [5, 5.41) is 11.2. The molecule has 1 aliphatic heterocycles. The van der Waals surface area contributed by atoms with Crippen LogP contribution in [-0.2, 0) is 4.79 Å². The fourth-order valence-electron chi connectivity index (χ4n) is 3.23. The molecule has 0 aliphatic carbocycles. The van der Waals surface area contributed by atoms with Gasteiger partial charge < -0.3 is 4.90 Å². The number of fused-ring (bicyclic) bond motifs is 1. The van der Waals surface area contributed by atoms with Gasteiger partial charge >= 0.3 is 0 Å². The molecule has 2 heterocycles. The van der Waals surface area contributed by atoms with Crippen LogP contribution < -0.4 is 0 Å². The van der Waals surface area contributed by atoms with Gasteiger partial charge in [-0.15, -0.1) is 5.10 Å². The average Bonchev–Trinajstić information content (AvgIpc) is 2.52. The molecule has 1 amide bonds. The minimum absolute atomic E-state index is 0.208. The van der Waals surface area contributed by atoms with Crippen molar-refractivity contribution in [3.05, 3.63) is 30.5 Å². The summed E-state index contributed by atoms with van der Waals surface area (Å²) in [6.45, 7) is 4.30. The Balaban J connectivity index is 1.72. The van der Waals surface area contributed by atoms with E-state index in [1.807, 2.05) is 24.3 Å². The van der Waals surface area contributed by atoms with Crippen molar-refractivity contribution in [1.82, 2.24) is 15.1 Å². The SMILES string of the molecule is CC1CCCC(C)N1C(=O)CSc1nncc2ccccc12. The van der Waals surface area contributed by atoms with Crippen LogP contribution in [0.1, 0.15) is 33.1 Å². The van der Waals surface area contributed by atoms with E-state index in [0.29, 0.717) is 17.8 Å². The van der Waals surface area contributed by atoms with Crippen LogP contribution in [-0.4, -0.2) is 38.8 Å². The van der Waals surface area contributed by atoms with E-state index in [1.165, 1.54) is 18.2 Å². The van der Waals surface area contributed by atoms with Crippen molar-refractivity contribution < 1.29 is 4.79 Å². The van der Waals surface area contributed by atoms with Crippen molar-refractivity contribution >= 4 is 28.4 Å². The van der Waals surface area contributed by atoms with E-state index >= 15 is 0 Å². The molecule has 0 N–H and O–H groups in total. The van der Waals surface area contributed by atoms with Gasteiger partial charge in [-0.25, -0.2) is 0 Å². The van der Waals surface area contributed by atoms with E-state index in [0.717, 1.165) is 28.6 Å². The van der Waals surface area contributed by atoms with Gasteiger partial charge in [0.05, 0.1) is 11.9 Å². The van der Waals surface area contributed by atoms with Gasteiger partial charge in [-0.2, -0.15) is 5.10 Å². The fraction of sp³-hybridized carbons (Fsp3) is 0.471. The van der Waals surface area contributed by atoms with Gasteiger partial charge in [0.2, 0.25) is 5.91 Å². The number of rotatable bonds is 3. The Morgan fingerprint density at radius 1 is 1.27 bits per heavy atom. The Kier molecular flexibility index (Phi) is 4.62. The Morgan fingerprint density at radius 2 is 2.00 bits per heavy atom. The second-order valence-corrected chi connectivity index (χ2v) is 6.92. The molecular weight excluding hydrogens is 294 g/mol. The molecule has 1 aliphatic rings. The molecule has 3 rings (SSSR count). The molecule has 1 aromatic heterocycles. The lowest BCUT2D eigenvalue weighted by Gasteiger charge is -2.39. The molecule has 22 heavy (non-hydrogen) atoms. The van der Waals surface area contributed by atoms with Crippen LogP contribution in [0.5, 0.6) is 0 Å². The summed E-state index contributed by atoms with van der Waals surface area (Å²) in [7, 11) is 0. The van der Waals surface area contributed by atoms with Crippen molar-refractivity contribution in [2.45, 2.75) is 50.2 Å². The summed E-state index contributed by atoms with van der Waals surface area (Å²) in [6.07, 6.45) is 5.19. The number of nitrogens with zero attached hydrogens (tertiary/aromatic N) is 3. The second kappa shape index (κ2) is 6.65. The van der Waals surface area contributed by atoms with Crippen LogP contribution >= 0.6 is 11.8 Å². The monoisotopic (exact) mass is 315 g/mol. The molecule has 0 spiro atoms. The third-order valence-electron chi connectivity index (χ3n) is 4.35. The summed E-state index contributed by atoms with van der Waals surface area (Å²) in [5.41, 5.74) is 0. The molecule has 1 aromatic carbocycles. The molecule has 0 bridgehead atoms. The van der Waals surface area contributed by atoms with E-state index in [4.69, 9.17) is 0 Å². The van der Waals surface area contributed by atoms with Crippen molar-refractivity contribution in [1.29, 1.82) is 0 Å². The highest BCUT2D eigenvalue weighted by Gasteiger charge is 2.28. The summed E-state index contributed by atoms with van der Waals surface area (Å²) in [4.78, 5) is 14.6. The van der Waals surface area contributed by atoms with Gasteiger partial charge in [-0.05, 0) is 33.1 Å². The Morgan fingerprint density at radius 3 is 2.77 bits per heavy atom. The van der Waals surface area contributed by atoms with E-state index in [9.17, 15) is 4.79 Å². The number of benzene rings is 1. The second-order valence-electron chi connectivity index (χ2n) is 5.96. The lowest BCUT2D eigenvalue weighted by molar-refractivity contribution is -0.134. The zero-order chi connectivity index (χ0) is 15.5. The fourth-order valence-corrected chi connectivity index (χ4v) is 4.08. The first-order valence-corrected chi connectivity index (χ1v) is 8.80. The Labute approximate surface area is 135 Å². The standard InChI is InChI=1S/C17H21N3OS/c1-12-6-5-7-13(2)20(12)16(21)11-22-17-15-9-4-3-8-14(15)10-18-19-17/h3-4,8-10,12-13H,5-7,11H2,1-2H3. The molecule has 0 saturated carbocycles. The third kappa shape index (κ3) is 3.09. The number of hydrogen-bond acceptors (Lipinski definition) is 4. The number of carbonyl (C=O) groups excluding carboxylic acids is 1. The van der Waals surface area contributed by atoms with Gasteiger partial charge in [0.1, 0.15) is 5.03 Å². The zero-order valence-corrected chi connectivity index (χ0v) is 13.8. The molecule has 5 heteroatoms. The smallest absolute Gasteiger partial charge is 0.233 e. The number of piperidine rings is 1. The average molecular weight is 315 g/mol. The number of aromatic nitrogens is 2. The minimum atomic E-state index is 0.208. The highest BCUT2D eigenvalue weighted by molar-refractivity contribution is 8.00. The normalized spacial score (nSPS) is 22.0. The minimum Gasteiger partial charge on any atom is -0.337 e. The van der Waals surface area contributed by atoms with Crippen molar-refractivity contribution in [3.63, 3.8) is 0 Å². The van der Waals surface area contributed by atoms with Gasteiger partial charge in [0.15, 0.2) is 0 Å². The van der Waals surface area contributed by atoms with Gasteiger partial charge in [-0.3, -0.25) is 4.79 Å². The first-order chi connectivity index (χ1) is 10.7. The number of amides is 1. The van der Waals surface area contributed by atoms with Crippen LogP contribution in [0.3, 0.4) is 0 Å². The van der Waals surface area contributed by atoms with Crippen molar-refractivity contribution in [2.75, 3.05) is 5.75 Å². The maximum atomic E-state index is 12.6. The lowest BCUT2D eigenvalue weighted by Crippen LogP contribution is -2.48. The van der Waals surface area contributed by atoms with Gasteiger partial charge in [0, 0.05) is 22.9 Å². The largest absolute Gasteiger partial charge is 0.337 e. The molecule has 1 saturated heterocycles. The summed E-state index contributed by atoms with van der Waals surface area (Å²) in [6, 6.07) is 8.71. The molecule has 0 radical (unpaired) electrons. The summed E-state index contributed by atoms with van der Waals surface area (Å²) < 4.78 is 0. The number of carbonyl (C=O) groups is 1. The van der Waals surface area contributed by atoms with Crippen LogP contribution in [0.2, 0.25) is 0 Å². The van der Waals surface area contributed by atoms with E-state index in [-0.39, 0.29) is 5.91 Å². The lowest BCUT2D eigenvalue weighted by atomic mass is 9.98. The highest BCUT2D eigenvalue weighted by atomic mass is 32.2. The van der Waals surface area contributed by atoms with Crippen LogP contribution in [0.25, 0.3) is 10.8 Å². The van der Waals surface area contributed by atoms with E-state index < -0.39 is 0 Å². The van der Waals surface area contributed by atoms with E-state index in [2.05, 4.69) is 28.9 Å². The third-order valence-corrected chi connectivity index (χ3v) is 5.32. The zero-order valence-electron chi connectivity index (χ0n) is 13.0. The summed E-state index contributed by atoms with van der Waals surface area (Å²) in [5.74, 6) is 0.636. The molecule has 2 aromatic rings. The number of thioether (sulfide) groups is 1. The number of likely N-dealkylation sites (tertiary alicyclic amines) is 1. The topological polar surface area (TPSA) is 46.1 Å². The maximum absolute atomic E-state index is 12.6. The molecule has 2 unspecified atom stereocenters. The molecule has 4 nitrogen and oxygen atoms in total. The quantitative estimate of drug-likeness (QED) is 0.813. The van der Waals surface area contributed by atoms with Crippen molar-refractivity contribution in [2.24, 2.45) is 0 Å². The van der Waals surface area contributed by atoms with Crippen LogP contribution in [0, 0.1) is 0 Å². The van der Waals surface area contributed by atoms with Gasteiger partial charge in [0.25, 0.3) is 0 Å². The van der Waals surface area contributed by atoms with Crippen LogP contribution in [0.15, 0.2) is 35.5 Å². The first kappa shape index (κ1) is 15.3. The molecule has 116 valence electrons. The predicted octanol–water partition coefficient (Wildman–Crippen LogP) is 3.51. The Hall–Kier alpha value is -1.62. The van der Waals surface area contributed by atoms with Crippen molar-refractivity contribution in [3.8, 4) is 0 Å². The Bertz CT molecular complexity index is 661. The highest BCUT2D eigenvalue weighted by Crippen LogP contribution is 2.27.